The lowest BCUT2D eigenvalue weighted by Gasteiger charge is -2.15. The van der Waals surface area contributed by atoms with E-state index in [-0.39, 0.29) is 23.4 Å². The minimum Gasteiger partial charge on any atom is -0.508 e. The Morgan fingerprint density at radius 1 is 0.469 bits per heavy atom. The highest BCUT2D eigenvalue weighted by molar-refractivity contribution is 7.23. The van der Waals surface area contributed by atoms with E-state index in [4.69, 9.17) is 39.0 Å². The predicted molar refractivity (Wildman–Crippen MR) is 375 cm³/mol. The number of phenolic OH excluding ortho intramolecular Hbond substituents is 3. The van der Waals surface area contributed by atoms with Crippen LogP contribution in [0.1, 0.15) is 61.8 Å². The number of carboxylic acids is 3. The number of ether oxygens (including phenoxy) is 5. The lowest BCUT2D eigenvalue weighted by atomic mass is 10.0. The first kappa shape index (κ1) is 66.2. The zero-order chi connectivity index (χ0) is 67.6. The molecule has 12 aromatic rings. The molecule has 0 bridgehead atoms. The number of benzene rings is 9. The third kappa shape index (κ3) is 16.4. The van der Waals surface area contributed by atoms with Crippen LogP contribution >= 0.6 is 34.0 Å². The van der Waals surface area contributed by atoms with Gasteiger partial charge in [0.2, 0.25) is 0 Å². The molecule has 1 aliphatic carbocycles. The molecule has 0 amide bonds. The van der Waals surface area contributed by atoms with Crippen LogP contribution in [0.5, 0.6) is 63.2 Å². The summed E-state index contributed by atoms with van der Waals surface area (Å²) in [5.74, 6) is 1.75. The molecule has 6 N–H and O–H groups in total. The molecule has 1 aliphatic rings. The monoisotopic (exact) mass is 1340 g/mol. The standard InChI is InChI=1S/C26H21FO5S.C26H20O4S.C25H19FO5S/c1-15(2)31-22-13-17(27)6-10-20(22)26-25(21-11-7-18(28)14-23(21)33-26)32-19-8-3-16(4-9-19)5-12-24(29)30;27-18-10-13-22-23(15-18)31-26(21-4-2-1-3-20(21)17-8-9-17)25(22)30-19-11-5-16(6-12-19)7-14-24(28)29;1-2-30-21-13-16(26)6-10-19(21)25-24(20-11-7-17(27)14-22(20)32-25)31-18-8-3-15(4-9-18)5-12-23(28)29/h3-15,28H,1-2H3,(H,29,30);1-7,10-15,17,27H,8-9H2,(H,28,29);3-14,27H,2H2,1H3,(H,28,29)/b12-5+;14-7+;12-5+. The number of rotatable bonds is 20. The summed E-state index contributed by atoms with van der Waals surface area (Å²) in [6, 6.07) is 53.9. The zero-order valence-corrected chi connectivity index (χ0v) is 54.0. The first-order chi connectivity index (χ1) is 46.3. The average molecular weight is 1340 g/mol. The minimum atomic E-state index is -1.02. The number of hydrogen-bond acceptors (Lipinski definition) is 14. The van der Waals surface area contributed by atoms with Crippen molar-refractivity contribution in [3.05, 3.63) is 240 Å². The molecule has 1 fully saturated rings. The molecule has 14 nitrogen and oxygen atoms in total. The molecule has 19 heteroatoms. The number of halogens is 2. The van der Waals surface area contributed by atoms with Crippen LogP contribution in [0.4, 0.5) is 8.78 Å². The summed E-state index contributed by atoms with van der Waals surface area (Å²) < 4.78 is 60.9. The van der Waals surface area contributed by atoms with Gasteiger partial charge in [0.15, 0.2) is 17.2 Å². The second kappa shape index (κ2) is 29.8. The molecule has 0 unspecified atom stereocenters. The van der Waals surface area contributed by atoms with Gasteiger partial charge in [0, 0.05) is 71.7 Å². The Hall–Kier alpha value is -11.3. The van der Waals surface area contributed by atoms with E-state index < -0.39 is 29.5 Å². The summed E-state index contributed by atoms with van der Waals surface area (Å²) in [4.78, 5) is 34.7. The van der Waals surface area contributed by atoms with Gasteiger partial charge in [-0.05, 0) is 201 Å². The Kier molecular flexibility index (Phi) is 20.5. The van der Waals surface area contributed by atoms with Crippen LogP contribution in [0.15, 0.2) is 206 Å². The minimum absolute atomic E-state index is 0.134. The number of carbonyl (C=O) groups is 3. The molecule has 9 aromatic carbocycles. The topological polar surface area (TPSA) is 219 Å². The van der Waals surface area contributed by atoms with Gasteiger partial charge in [0.1, 0.15) is 57.6 Å². The van der Waals surface area contributed by atoms with E-state index in [1.165, 1.54) is 83.1 Å². The molecule has 13 rings (SSSR count). The van der Waals surface area contributed by atoms with Gasteiger partial charge in [-0.3, -0.25) is 0 Å². The van der Waals surface area contributed by atoms with Gasteiger partial charge in [-0.1, -0.05) is 60.7 Å². The summed E-state index contributed by atoms with van der Waals surface area (Å²) >= 11 is 4.44. The Labute approximate surface area is 561 Å². The summed E-state index contributed by atoms with van der Waals surface area (Å²) in [7, 11) is 0. The molecule has 3 aromatic heterocycles. The van der Waals surface area contributed by atoms with Crippen LogP contribution in [0.3, 0.4) is 0 Å². The molecule has 0 atom stereocenters. The normalized spacial score (nSPS) is 12.1. The molecule has 96 heavy (non-hydrogen) atoms. The van der Waals surface area contributed by atoms with Gasteiger partial charge >= 0.3 is 17.9 Å². The van der Waals surface area contributed by atoms with Crippen LogP contribution in [0.25, 0.3) is 79.8 Å². The largest absolute Gasteiger partial charge is 0.508 e. The number of thiophene rings is 3. The Balaban J connectivity index is 0.000000146. The summed E-state index contributed by atoms with van der Waals surface area (Å²) in [5, 5.41) is 58.8. The van der Waals surface area contributed by atoms with E-state index in [2.05, 4.69) is 24.3 Å². The van der Waals surface area contributed by atoms with Gasteiger partial charge in [-0.25, -0.2) is 23.2 Å². The van der Waals surface area contributed by atoms with Crippen molar-refractivity contribution in [2.24, 2.45) is 0 Å². The fourth-order valence-corrected chi connectivity index (χ4v) is 13.9. The lowest BCUT2D eigenvalue weighted by Crippen LogP contribution is -2.06. The van der Waals surface area contributed by atoms with Crippen molar-refractivity contribution in [2.45, 2.75) is 45.6 Å². The van der Waals surface area contributed by atoms with Crippen molar-refractivity contribution in [1.29, 1.82) is 0 Å². The van der Waals surface area contributed by atoms with Gasteiger partial charge in [-0.2, -0.15) is 0 Å². The average Bonchev–Trinajstić information content (AvgIpc) is 1.63. The summed E-state index contributed by atoms with van der Waals surface area (Å²) in [6.07, 6.45) is 10.1. The third-order valence-electron chi connectivity index (χ3n) is 14.7. The lowest BCUT2D eigenvalue weighted by molar-refractivity contribution is -0.132. The fraction of sp³-hybridized carbons (Fsp3) is 0.104. The number of aromatic hydroxyl groups is 3. The quantitative estimate of drug-likeness (QED) is 0.0391. The van der Waals surface area contributed by atoms with Crippen LogP contribution in [-0.4, -0.2) is 61.3 Å². The number of aliphatic carboxylic acids is 3. The number of hydrogen-bond donors (Lipinski definition) is 6. The van der Waals surface area contributed by atoms with E-state index in [1.54, 1.807) is 127 Å². The van der Waals surface area contributed by atoms with Gasteiger partial charge < -0.3 is 54.3 Å². The highest BCUT2D eigenvalue weighted by Gasteiger charge is 2.29. The molecular weight excluding hydrogens is 1280 g/mol. The van der Waals surface area contributed by atoms with Crippen LogP contribution in [-0.2, 0) is 14.4 Å². The number of fused-ring (bicyclic) bond motifs is 3. The second-order valence-corrected chi connectivity index (χ2v) is 25.2. The van der Waals surface area contributed by atoms with Crippen molar-refractivity contribution in [3.8, 4) is 94.6 Å². The molecule has 0 radical (unpaired) electrons. The van der Waals surface area contributed by atoms with Gasteiger partial charge in [0.05, 0.1) is 27.3 Å². The van der Waals surface area contributed by atoms with Crippen molar-refractivity contribution in [1.82, 2.24) is 0 Å². The predicted octanol–water partition coefficient (Wildman–Crippen LogP) is 20.8. The Bertz CT molecular complexity index is 4930. The highest BCUT2D eigenvalue weighted by Crippen LogP contribution is 2.54. The van der Waals surface area contributed by atoms with Crippen molar-refractivity contribution < 1.29 is 77.5 Å². The maximum absolute atomic E-state index is 14.0. The Morgan fingerprint density at radius 2 is 0.833 bits per heavy atom. The van der Waals surface area contributed by atoms with Crippen LogP contribution in [0.2, 0.25) is 0 Å². The zero-order valence-electron chi connectivity index (χ0n) is 51.6. The first-order valence-electron chi connectivity index (χ1n) is 30.1. The molecule has 484 valence electrons. The van der Waals surface area contributed by atoms with Crippen molar-refractivity contribution in [2.75, 3.05) is 6.61 Å². The van der Waals surface area contributed by atoms with E-state index in [0.29, 0.717) is 63.9 Å². The summed E-state index contributed by atoms with van der Waals surface area (Å²) in [6.45, 7) is 5.95. The second-order valence-electron chi connectivity index (χ2n) is 22.1. The molecule has 0 saturated heterocycles. The number of phenols is 3. The van der Waals surface area contributed by atoms with E-state index in [9.17, 15) is 38.5 Å². The molecule has 0 aliphatic heterocycles. The van der Waals surface area contributed by atoms with E-state index in [0.717, 1.165) is 85.6 Å². The smallest absolute Gasteiger partial charge is 0.328 e. The fourth-order valence-electron chi connectivity index (χ4n) is 10.3. The maximum Gasteiger partial charge on any atom is 0.328 e. The Morgan fingerprint density at radius 3 is 1.20 bits per heavy atom. The van der Waals surface area contributed by atoms with Gasteiger partial charge in [-0.15, -0.1) is 34.0 Å². The van der Waals surface area contributed by atoms with E-state index in [1.807, 2.05) is 51.1 Å². The maximum atomic E-state index is 14.0. The molecule has 1 saturated carbocycles. The van der Waals surface area contributed by atoms with E-state index >= 15 is 0 Å². The van der Waals surface area contributed by atoms with Gasteiger partial charge in [0.25, 0.3) is 0 Å². The summed E-state index contributed by atoms with van der Waals surface area (Å²) in [5.41, 5.74) is 6.12. The highest BCUT2D eigenvalue weighted by atomic mass is 32.1. The molecule has 3 heterocycles. The van der Waals surface area contributed by atoms with Crippen molar-refractivity contribution in [3.63, 3.8) is 0 Å². The third-order valence-corrected chi connectivity index (χ3v) is 18.2. The molecular formula is C77H60F2O14S3. The molecule has 0 spiro atoms. The number of carboxylic acid groups (broad SMARTS) is 3. The first-order valence-corrected chi connectivity index (χ1v) is 32.6. The SMILES string of the molecule is CC(C)Oc1cc(F)ccc1-c1sc2cc(O)ccc2c1Oc1ccc(/C=C/C(=O)O)cc1.CCOc1cc(F)ccc1-c1sc2cc(O)ccc2c1Oc1ccc(/C=C/C(=O)O)cc1.O=C(O)/C=C/c1ccc(Oc2c(-c3ccccc3C3CC3)sc3cc(O)ccc23)cc1. The van der Waals surface area contributed by atoms with Crippen LogP contribution < -0.4 is 23.7 Å². The van der Waals surface area contributed by atoms with Crippen LogP contribution in [0, 0.1) is 11.6 Å². The van der Waals surface area contributed by atoms with Crippen molar-refractivity contribution >= 4 is 100 Å².